The molecule has 1 fully saturated rings. The topological polar surface area (TPSA) is 29.5 Å². The van der Waals surface area contributed by atoms with E-state index in [9.17, 15) is 4.79 Å². The van der Waals surface area contributed by atoms with Crippen molar-refractivity contribution in [1.82, 2.24) is 4.90 Å². The van der Waals surface area contributed by atoms with Crippen molar-refractivity contribution in [2.75, 3.05) is 0 Å². The van der Waals surface area contributed by atoms with Crippen molar-refractivity contribution >= 4 is 40.3 Å². The number of hydrogen-bond donors (Lipinski definition) is 0. The Kier molecular flexibility index (Phi) is 4.66. The Bertz CT molecular complexity index is 934. The van der Waals surface area contributed by atoms with Crippen LogP contribution in [0, 0.1) is 0 Å². The summed E-state index contributed by atoms with van der Waals surface area (Å²) in [5.74, 6) is 0.824. The van der Waals surface area contributed by atoms with E-state index in [1.807, 2.05) is 67.6 Å². The highest BCUT2D eigenvalue weighted by Gasteiger charge is 2.32. The lowest BCUT2D eigenvalue weighted by Gasteiger charge is -2.23. The minimum Gasteiger partial charge on any atom is -0.485 e. The number of carbonyl (C=O) groups is 1. The molecule has 1 saturated heterocycles. The molecule has 2 aliphatic rings. The third-order valence-corrected chi connectivity index (χ3v) is 5.75. The summed E-state index contributed by atoms with van der Waals surface area (Å²) in [6.07, 6.45) is 3.88. The SMILES string of the molecule is CC1Oc2ccccc2C=C1C=C1SC(=S)N(Cc2ccccc2)C1=O. The Hall–Kier alpha value is -2.37. The molecular weight excluding hydrogens is 362 g/mol. The molecular formula is C21H17NO2S2. The molecule has 0 spiro atoms. The number of carbonyl (C=O) groups excluding carboxylic acids is 1. The zero-order valence-electron chi connectivity index (χ0n) is 14.2. The van der Waals surface area contributed by atoms with Crippen molar-refractivity contribution in [2.45, 2.75) is 19.6 Å². The number of para-hydroxylation sites is 1. The van der Waals surface area contributed by atoms with E-state index in [0.717, 1.165) is 22.4 Å². The highest BCUT2D eigenvalue weighted by molar-refractivity contribution is 8.26. The van der Waals surface area contributed by atoms with Gasteiger partial charge in [0.25, 0.3) is 5.91 Å². The van der Waals surface area contributed by atoms with Crippen molar-refractivity contribution in [3.05, 3.63) is 82.3 Å². The first-order valence-corrected chi connectivity index (χ1v) is 9.61. The standard InChI is InChI=1S/C21H17NO2S2/c1-14-17(11-16-9-5-6-10-18(16)24-14)12-19-20(23)22(21(25)26-19)13-15-7-3-2-4-8-15/h2-12,14H,13H2,1H3. The third-order valence-electron chi connectivity index (χ3n) is 4.37. The molecule has 1 atom stereocenters. The molecule has 5 heteroatoms. The maximum absolute atomic E-state index is 12.8. The van der Waals surface area contributed by atoms with Crippen molar-refractivity contribution < 1.29 is 9.53 Å². The van der Waals surface area contributed by atoms with Gasteiger partial charge in [0.15, 0.2) is 0 Å². The molecule has 2 aromatic carbocycles. The molecule has 4 rings (SSSR count). The van der Waals surface area contributed by atoms with Gasteiger partial charge < -0.3 is 4.74 Å². The number of hydrogen-bond acceptors (Lipinski definition) is 4. The minimum absolute atomic E-state index is 0.0455. The fourth-order valence-corrected chi connectivity index (χ4v) is 4.23. The van der Waals surface area contributed by atoms with E-state index in [0.29, 0.717) is 15.8 Å². The molecule has 2 heterocycles. The molecule has 2 aliphatic heterocycles. The van der Waals surface area contributed by atoms with Crippen molar-refractivity contribution in [3.63, 3.8) is 0 Å². The smallest absolute Gasteiger partial charge is 0.266 e. The fourth-order valence-electron chi connectivity index (χ4n) is 2.98. The van der Waals surface area contributed by atoms with Crippen molar-refractivity contribution in [1.29, 1.82) is 0 Å². The fraction of sp³-hybridized carbons (Fsp3) is 0.143. The molecule has 130 valence electrons. The summed E-state index contributed by atoms with van der Waals surface area (Å²) in [5.41, 5.74) is 3.06. The molecule has 26 heavy (non-hydrogen) atoms. The van der Waals surface area contributed by atoms with E-state index < -0.39 is 0 Å². The van der Waals surface area contributed by atoms with Gasteiger partial charge in [-0.05, 0) is 36.3 Å². The first-order valence-electron chi connectivity index (χ1n) is 8.38. The number of nitrogens with zero attached hydrogens (tertiary/aromatic N) is 1. The minimum atomic E-state index is -0.109. The summed E-state index contributed by atoms with van der Waals surface area (Å²) in [7, 11) is 0. The molecule has 3 nitrogen and oxygen atoms in total. The Morgan fingerprint density at radius 2 is 1.88 bits per heavy atom. The number of amides is 1. The average molecular weight is 380 g/mol. The van der Waals surface area contributed by atoms with Crippen LogP contribution in [0.4, 0.5) is 0 Å². The van der Waals surface area contributed by atoms with Gasteiger partial charge in [-0.3, -0.25) is 9.69 Å². The summed E-state index contributed by atoms with van der Waals surface area (Å²) in [6.45, 7) is 2.49. The van der Waals surface area contributed by atoms with Crippen LogP contribution in [0.5, 0.6) is 5.75 Å². The third kappa shape index (κ3) is 3.32. The maximum atomic E-state index is 12.8. The lowest BCUT2D eigenvalue weighted by Crippen LogP contribution is -2.27. The van der Waals surface area contributed by atoms with Gasteiger partial charge in [-0.15, -0.1) is 0 Å². The second-order valence-corrected chi connectivity index (χ2v) is 7.87. The molecule has 0 aromatic heterocycles. The number of thioether (sulfide) groups is 1. The second-order valence-electron chi connectivity index (χ2n) is 6.20. The van der Waals surface area contributed by atoms with Gasteiger partial charge in [0.2, 0.25) is 0 Å². The number of fused-ring (bicyclic) bond motifs is 1. The lowest BCUT2D eigenvalue weighted by atomic mass is 10.0. The van der Waals surface area contributed by atoms with Gasteiger partial charge in [-0.2, -0.15) is 0 Å². The van der Waals surface area contributed by atoms with Crippen LogP contribution in [0.15, 0.2) is 71.2 Å². The Labute approximate surface area is 162 Å². The summed E-state index contributed by atoms with van der Waals surface area (Å²) in [4.78, 5) is 15.1. The van der Waals surface area contributed by atoms with E-state index in [1.54, 1.807) is 4.90 Å². The summed E-state index contributed by atoms with van der Waals surface area (Å²) >= 11 is 6.78. The van der Waals surface area contributed by atoms with E-state index in [-0.39, 0.29) is 12.0 Å². The first kappa shape index (κ1) is 17.1. The average Bonchev–Trinajstić information content (AvgIpc) is 2.91. The normalized spacial score (nSPS) is 20.8. The van der Waals surface area contributed by atoms with E-state index in [4.69, 9.17) is 17.0 Å². The quantitative estimate of drug-likeness (QED) is 0.566. The van der Waals surface area contributed by atoms with Gasteiger partial charge in [-0.25, -0.2) is 0 Å². The van der Waals surface area contributed by atoms with Crippen LogP contribution in [0.25, 0.3) is 6.08 Å². The van der Waals surface area contributed by atoms with Gasteiger partial charge >= 0.3 is 0 Å². The largest absolute Gasteiger partial charge is 0.485 e. The lowest BCUT2D eigenvalue weighted by molar-refractivity contribution is -0.122. The van der Waals surface area contributed by atoms with Crippen LogP contribution in [0.1, 0.15) is 18.1 Å². The number of ether oxygens (including phenoxy) is 1. The van der Waals surface area contributed by atoms with Crippen LogP contribution in [-0.4, -0.2) is 21.2 Å². The van der Waals surface area contributed by atoms with Crippen LogP contribution < -0.4 is 4.74 Å². The molecule has 1 unspecified atom stereocenters. The van der Waals surface area contributed by atoms with Crippen LogP contribution in [0.2, 0.25) is 0 Å². The number of thiocarbonyl (C=S) groups is 1. The predicted octanol–water partition coefficient (Wildman–Crippen LogP) is 4.80. The molecule has 2 aromatic rings. The van der Waals surface area contributed by atoms with Gasteiger partial charge in [0, 0.05) is 5.56 Å². The molecule has 0 bridgehead atoms. The zero-order valence-corrected chi connectivity index (χ0v) is 15.8. The van der Waals surface area contributed by atoms with Crippen LogP contribution in [-0.2, 0) is 11.3 Å². The Morgan fingerprint density at radius 1 is 1.15 bits per heavy atom. The molecule has 0 N–H and O–H groups in total. The number of benzene rings is 2. The van der Waals surface area contributed by atoms with Crippen LogP contribution in [0.3, 0.4) is 0 Å². The zero-order chi connectivity index (χ0) is 18.1. The summed E-state index contributed by atoms with van der Waals surface area (Å²) < 4.78 is 6.55. The van der Waals surface area contributed by atoms with Gasteiger partial charge in [-0.1, -0.05) is 72.5 Å². The van der Waals surface area contributed by atoms with Crippen molar-refractivity contribution in [2.24, 2.45) is 0 Å². The second kappa shape index (κ2) is 7.09. The predicted molar refractivity (Wildman–Crippen MR) is 110 cm³/mol. The van der Waals surface area contributed by atoms with Crippen LogP contribution >= 0.6 is 24.0 Å². The van der Waals surface area contributed by atoms with E-state index in [2.05, 4.69) is 6.08 Å². The summed E-state index contributed by atoms with van der Waals surface area (Å²) in [6, 6.07) is 17.8. The molecule has 0 saturated carbocycles. The van der Waals surface area contributed by atoms with E-state index in [1.165, 1.54) is 11.8 Å². The van der Waals surface area contributed by atoms with Gasteiger partial charge in [0.05, 0.1) is 11.4 Å². The summed E-state index contributed by atoms with van der Waals surface area (Å²) in [5, 5.41) is 0. The Balaban J connectivity index is 1.59. The number of rotatable bonds is 3. The highest BCUT2D eigenvalue weighted by atomic mass is 32.2. The molecule has 1 amide bonds. The van der Waals surface area contributed by atoms with Gasteiger partial charge in [0.1, 0.15) is 16.2 Å². The first-order chi connectivity index (χ1) is 12.6. The van der Waals surface area contributed by atoms with Crippen molar-refractivity contribution in [3.8, 4) is 5.75 Å². The molecule has 0 aliphatic carbocycles. The maximum Gasteiger partial charge on any atom is 0.266 e. The highest BCUT2D eigenvalue weighted by Crippen LogP contribution is 2.36. The Morgan fingerprint density at radius 3 is 2.69 bits per heavy atom. The molecule has 0 radical (unpaired) electrons. The van der Waals surface area contributed by atoms with E-state index >= 15 is 0 Å². The monoisotopic (exact) mass is 379 g/mol.